The summed E-state index contributed by atoms with van der Waals surface area (Å²) in [5.74, 6) is 0.384. The van der Waals surface area contributed by atoms with Crippen LogP contribution in [-0.2, 0) is 15.6 Å². The molecule has 0 unspecified atom stereocenters. The Bertz CT molecular complexity index is 620. The molecule has 0 fully saturated rings. The van der Waals surface area contributed by atoms with E-state index in [1.54, 1.807) is 0 Å². The Kier molecular flexibility index (Phi) is 5.27. The van der Waals surface area contributed by atoms with Gasteiger partial charge in [0.1, 0.15) is 5.75 Å². The maximum absolute atomic E-state index is 11.9. The Morgan fingerprint density at radius 1 is 1.30 bits per heavy atom. The molecular formula is C12H16N2O4S2. The van der Waals surface area contributed by atoms with E-state index in [0.717, 1.165) is 4.88 Å². The highest BCUT2D eigenvalue weighted by molar-refractivity contribution is 7.90. The fraction of sp³-hybridized carbons (Fsp3) is 0.500. The van der Waals surface area contributed by atoms with Crippen molar-refractivity contribution in [1.82, 2.24) is 10.1 Å². The van der Waals surface area contributed by atoms with E-state index in [0.29, 0.717) is 25.1 Å². The first kappa shape index (κ1) is 15.1. The van der Waals surface area contributed by atoms with Crippen LogP contribution in [0.25, 0.3) is 10.7 Å². The summed E-state index contributed by atoms with van der Waals surface area (Å²) in [6.07, 6.45) is 1.85. The number of hydrogen-bond acceptors (Lipinski definition) is 7. The van der Waals surface area contributed by atoms with Gasteiger partial charge in [0.15, 0.2) is 9.84 Å². The summed E-state index contributed by atoms with van der Waals surface area (Å²) in [6, 6.07) is 3.72. The van der Waals surface area contributed by atoms with Crippen LogP contribution < -0.4 is 0 Å². The molecule has 110 valence electrons. The van der Waals surface area contributed by atoms with E-state index in [4.69, 9.17) is 9.63 Å². The number of aliphatic hydroxyl groups is 1. The number of aliphatic hydroxyl groups excluding tert-OH is 1. The molecule has 2 heterocycles. The Labute approximate surface area is 121 Å². The van der Waals surface area contributed by atoms with Crippen LogP contribution in [0, 0.1) is 0 Å². The first-order chi connectivity index (χ1) is 9.61. The molecule has 2 rings (SSSR count). The van der Waals surface area contributed by atoms with E-state index in [-0.39, 0.29) is 24.0 Å². The van der Waals surface area contributed by atoms with Crippen molar-refractivity contribution in [3.05, 3.63) is 23.4 Å². The predicted molar refractivity (Wildman–Crippen MR) is 76.0 cm³/mol. The van der Waals surface area contributed by atoms with Crippen molar-refractivity contribution in [3.63, 3.8) is 0 Å². The second-order valence-electron chi connectivity index (χ2n) is 4.37. The van der Waals surface area contributed by atoms with Gasteiger partial charge in [-0.3, -0.25) is 0 Å². The molecule has 0 aliphatic carbocycles. The Balaban J connectivity index is 1.92. The zero-order valence-corrected chi connectivity index (χ0v) is 12.5. The van der Waals surface area contributed by atoms with Crippen molar-refractivity contribution in [3.8, 4) is 10.7 Å². The number of thiophene rings is 1. The van der Waals surface area contributed by atoms with Gasteiger partial charge in [-0.2, -0.15) is 4.98 Å². The second-order valence-corrected chi connectivity index (χ2v) is 7.50. The number of unbranched alkanes of at least 4 members (excludes halogenated alkanes) is 2. The van der Waals surface area contributed by atoms with E-state index in [9.17, 15) is 8.42 Å². The van der Waals surface area contributed by atoms with Crippen molar-refractivity contribution in [1.29, 1.82) is 0 Å². The summed E-state index contributed by atoms with van der Waals surface area (Å²) in [7, 11) is -3.25. The molecule has 0 radical (unpaired) electrons. The van der Waals surface area contributed by atoms with Crippen LogP contribution >= 0.6 is 11.3 Å². The minimum atomic E-state index is -3.25. The summed E-state index contributed by atoms with van der Waals surface area (Å²) in [6.45, 7) is 0.0912. The lowest BCUT2D eigenvalue weighted by molar-refractivity contribution is 0.284. The number of rotatable bonds is 8. The minimum Gasteiger partial charge on any atom is -0.396 e. The molecule has 6 nitrogen and oxygen atoms in total. The molecule has 0 saturated heterocycles. The number of aromatic nitrogens is 2. The van der Waals surface area contributed by atoms with Crippen LogP contribution in [0.15, 0.2) is 22.0 Å². The third kappa shape index (κ3) is 4.39. The summed E-state index contributed by atoms with van der Waals surface area (Å²) in [5.41, 5.74) is 0. The molecule has 0 amide bonds. The predicted octanol–water partition coefficient (Wildman–Crippen LogP) is 1.88. The number of nitrogens with zero attached hydrogens (tertiary/aromatic N) is 2. The van der Waals surface area contributed by atoms with Gasteiger partial charge in [-0.05, 0) is 24.3 Å². The van der Waals surface area contributed by atoms with Crippen molar-refractivity contribution < 1.29 is 18.0 Å². The number of hydrogen-bond donors (Lipinski definition) is 1. The van der Waals surface area contributed by atoms with Gasteiger partial charge in [0, 0.05) is 6.61 Å². The molecule has 8 heteroatoms. The zero-order valence-electron chi connectivity index (χ0n) is 10.9. The van der Waals surface area contributed by atoms with Crippen LogP contribution in [0.1, 0.15) is 25.2 Å². The quantitative estimate of drug-likeness (QED) is 0.747. The highest BCUT2D eigenvalue weighted by Crippen LogP contribution is 2.21. The van der Waals surface area contributed by atoms with Gasteiger partial charge in [0.05, 0.1) is 10.6 Å². The first-order valence-electron chi connectivity index (χ1n) is 6.28. The molecule has 2 aromatic rings. The van der Waals surface area contributed by atoms with Crippen molar-refractivity contribution in [2.45, 2.75) is 25.0 Å². The van der Waals surface area contributed by atoms with E-state index in [2.05, 4.69) is 10.1 Å². The van der Waals surface area contributed by atoms with Gasteiger partial charge in [-0.15, -0.1) is 11.3 Å². The molecule has 1 N–H and O–H groups in total. The molecule has 0 aliphatic rings. The fourth-order valence-electron chi connectivity index (χ4n) is 1.69. The molecule has 0 atom stereocenters. The molecule has 0 aromatic carbocycles. The van der Waals surface area contributed by atoms with Crippen molar-refractivity contribution in [2.75, 3.05) is 12.4 Å². The van der Waals surface area contributed by atoms with E-state index in [1.807, 2.05) is 17.5 Å². The van der Waals surface area contributed by atoms with Crippen LogP contribution in [0.2, 0.25) is 0 Å². The van der Waals surface area contributed by atoms with Crippen LogP contribution in [0.5, 0.6) is 0 Å². The lowest BCUT2D eigenvalue weighted by Gasteiger charge is -2.00. The number of sulfone groups is 1. The topological polar surface area (TPSA) is 93.3 Å². The van der Waals surface area contributed by atoms with Gasteiger partial charge < -0.3 is 9.63 Å². The van der Waals surface area contributed by atoms with Gasteiger partial charge in [-0.25, -0.2) is 8.42 Å². The fourth-order valence-corrected chi connectivity index (χ4v) is 3.62. The Hall–Kier alpha value is -1.25. The Morgan fingerprint density at radius 3 is 2.85 bits per heavy atom. The van der Waals surface area contributed by atoms with Crippen LogP contribution in [0.3, 0.4) is 0 Å². The normalized spacial score (nSPS) is 11.8. The molecule has 0 saturated carbocycles. The summed E-state index contributed by atoms with van der Waals surface area (Å²) in [4.78, 5) is 4.94. The van der Waals surface area contributed by atoms with Crippen molar-refractivity contribution in [2.24, 2.45) is 0 Å². The van der Waals surface area contributed by atoms with Gasteiger partial charge >= 0.3 is 0 Å². The highest BCUT2D eigenvalue weighted by Gasteiger charge is 2.17. The third-order valence-electron chi connectivity index (χ3n) is 2.67. The molecular weight excluding hydrogens is 300 g/mol. The van der Waals surface area contributed by atoms with Crippen LogP contribution in [-0.4, -0.2) is 36.0 Å². The molecule has 0 spiro atoms. The standard InChI is InChI=1S/C12H16N2O4S2/c15-6-2-1-3-8-20(16,17)9-11-13-12(14-18-11)10-5-4-7-19-10/h4-5,7,15H,1-3,6,8-9H2. The average molecular weight is 316 g/mol. The van der Waals surface area contributed by atoms with E-state index >= 15 is 0 Å². The van der Waals surface area contributed by atoms with Crippen LogP contribution in [0.4, 0.5) is 0 Å². The summed E-state index contributed by atoms with van der Waals surface area (Å²) >= 11 is 1.47. The zero-order chi connectivity index (χ0) is 14.4. The maximum Gasteiger partial charge on any atom is 0.242 e. The minimum absolute atomic E-state index is 0.0731. The SMILES string of the molecule is O=S(=O)(CCCCCO)Cc1nc(-c2cccs2)no1. The smallest absolute Gasteiger partial charge is 0.242 e. The Morgan fingerprint density at radius 2 is 2.15 bits per heavy atom. The van der Waals surface area contributed by atoms with Gasteiger partial charge in [0.25, 0.3) is 0 Å². The van der Waals surface area contributed by atoms with Crippen molar-refractivity contribution >= 4 is 21.2 Å². The molecule has 20 heavy (non-hydrogen) atoms. The molecule has 2 aromatic heterocycles. The average Bonchev–Trinajstić information content (AvgIpc) is 3.04. The monoisotopic (exact) mass is 316 g/mol. The second kappa shape index (κ2) is 6.96. The van der Waals surface area contributed by atoms with E-state index in [1.165, 1.54) is 11.3 Å². The van der Waals surface area contributed by atoms with Gasteiger partial charge in [-0.1, -0.05) is 17.6 Å². The first-order valence-corrected chi connectivity index (χ1v) is 8.98. The summed E-state index contributed by atoms with van der Waals surface area (Å²) < 4.78 is 28.7. The lowest BCUT2D eigenvalue weighted by atomic mass is 10.3. The largest absolute Gasteiger partial charge is 0.396 e. The van der Waals surface area contributed by atoms with Gasteiger partial charge in [0.2, 0.25) is 11.7 Å². The van der Waals surface area contributed by atoms with E-state index < -0.39 is 9.84 Å². The molecule has 0 bridgehead atoms. The maximum atomic E-state index is 11.9. The highest BCUT2D eigenvalue weighted by atomic mass is 32.2. The lowest BCUT2D eigenvalue weighted by Crippen LogP contribution is -2.09. The molecule has 0 aliphatic heterocycles. The third-order valence-corrected chi connectivity index (χ3v) is 5.13. The summed E-state index contributed by atoms with van der Waals surface area (Å²) in [5, 5.41) is 14.3.